The zero-order chi connectivity index (χ0) is 21.3. The average molecular weight is 419 g/mol. The highest BCUT2D eigenvalue weighted by Crippen LogP contribution is 2.34. The van der Waals surface area contributed by atoms with E-state index in [0.717, 1.165) is 33.7 Å². The van der Waals surface area contributed by atoms with E-state index in [-0.39, 0.29) is 23.4 Å². The summed E-state index contributed by atoms with van der Waals surface area (Å²) in [6.45, 7) is 2.05. The van der Waals surface area contributed by atoms with Gasteiger partial charge in [0.1, 0.15) is 0 Å². The number of para-hydroxylation sites is 1. The van der Waals surface area contributed by atoms with Gasteiger partial charge in [-0.25, -0.2) is 0 Å². The lowest BCUT2D eigenvalue weighted by Crippen LogP contribution is -2.27. The highest BCUT2D eigenvalue weighted by atomic mass is 32.2. The van der Waals surface area contributed by atoms with Crippen LogP contribution in [-0.4, -0.2) is 25.5 Å². The smallest absolute Gasteiger partial charge is 0.293 e. The molecule has 0 spiro atoms. The van der Waals surface area contributed by atoms with Gasteiger partial charge in [-0.15, -0.1) is 0 Å². The van der Waals surface area contributed by atoms with Crippen LogP contribution in [0.15, 0.2) is 71.6 Å². The van der Waals surface area contributed by atoms with Crippen LogP contribution >= 0.6 is 11.8 Å². The molecule has 2 heterocycles. The molecule has 0 bridgehead atoms. The van der Waals surface area contributed by atoms with Crippen molar-refractivity contribution in [3.63, 3.8) is 0 Å². The third-order valence-corrected chi connectivity index (χ3v) is 5.67. The first-order chi connectivity index (χ1) is 14.4. The van der Waals surface area contributed by atoms with Gasteiger partial charge in [0, 0.05) is 29.2 Å². The number of rotatable bonds is 5. The van der Waals surface area contributed by atoms with Gasteiger partial charge >= 0.3 is 0 Å². The Morgan fingerprint density at radius 3 is 2.37 bits per heavy atom. The molecular weight excluding hydrogens is 402 g/mol. The topological polar surface area (TPSA) is 85.5 Å². The van der Waals surface area contributed by atoms with Crippen molar-refractivity contribution >= 4 is 34.7 Å². The molecule has 150 valence electrons. The van der Waals surface area contributed by atoms with Crippen LogP contribution in [0.1, 0.15) is 17.0 Å². The molecular formula is C22H17N3O4S. The van der Waals surface area contributed by atoms with E-state index >= 15 is 0 Å². The summed E-state index contributed by atoms with van der Waals surface area (Å²) in [6.07, 6.45) is 1.72. The number of aromatic nitrogens is 1. The molecule has 1 fully saturated rings. The van der Waals surface area contributed by atoms with Crippen molar-refractivity contribution in [1.29, 1.82) is 0 Å². The number of non-ortho nitro benzene ring substituents is 1. The van der Waals surface area contributed by atoms with E-state index in [0.29, 0.717) is 10.5 Å². The molecule has 1 saturated heterocycles. The lowest BCUT2D eigenvalue weighted by molar-refractivity contribution is -0.384. The monoisotopic (exact) mass is 419 g/mol. The van der Waals surface area contributed by atoms with Gasteiger partial charge < -0.3 is 4.57 Å². The predicted octanol–water partition coefficient (Wildman–Crippen LogP) is 4.93. The fourth-order valence-electron chi connectivity index (χ4n) is 3.28. The number of nitro groups is 1. The van der Waals surface area contributed by atoms with Crippen molar-refractivity contribution in [1.82, 2.24) is 9.47 Å². The molecule has 2 amide bonds. The van der Waals surface area contributed by atoms with Gasteiger partial charge in [0.2, 0.25) is 0 Å². The number of imide groups is 1. The number of hydrogen-bond acceptors (Lipinski definition) is 5. The molecule has 30 heavy (non-hydrogen) atoms. The van der Waals surface area contributed by atoms with Gasteiger partial charge in [-0.2, -0.15) is 0 Å². The van der Waals surface area contributed by atoms with E-state index in [2.05, 4.69) is 0 Å². The standard InChI is InChI=1S/C22H17N3O4S/c1-15-7-10-19(24(15)17-5-3-2-4-6-17)13-20-21(26)23(22(27)30-20)14-16-8-11-18(12-9-16)25(28)29/h2-13H,14H2,1H3/b20-13-. The van der Waals surface area contributed by atoms with E-state index in [9.17, 15) is 19.7 Å². The highest BCUT2D eigenvalue weighted by Gasteiger charge is 2.35. The molecule has 0 radical (unpaired) electrons. The number of hydrogen-bond donors (Lipinski definition) is 0. The first-order valence-electron chi connectivity index (χ1n) is 9.16. The van der Waals surface area contributed by atoms with Crippen LogP contribution in [0.3, 0.4) is 0 Å². The summed E-state index contributed by atoms with van der Waals surface area (Å²) in [5.74, 6) is -0.373. The molecule has 0 atom stereocenters. The molecule has 0 aliphatic carbocycles. The Morgan fingerprint density at radius 2 is 1.70 bits per heavy atom. The normalized spacial score (nSPS) is 15.2. The van der Waals surface area contributed by atoms with Crippen LogP contribution in [0.4, 0.5) is 10.5 Å². The lowest BCUT2D eigenvalue weighted by atomic mass is 10.2. The predicted molar refractivity (Wildman–Crippen MR) is 115 cm³/mol. The van der Waals surface area contributed by atoms with Crippen molar-refractivity contribution < 1.29 is 14.5 Å². The molecule has 7 nitrogen and oxygen atoms in total. The average Bonchev–Trinajstić information content (AvgIpc) is 3.23. The number of nitro benzene ring substituents is 1. The van der Waals surface area contributed by atoms with Gasteiger partial charge in [-0.1, -0.05) is 30.3 Å². The first-order valence-corrected chi connectivity index (χ1v) is 9.98. The molecule has 1 aromatic heterocycles. The summed E-state index contributed by atoms with van der Waals surface area (Å²) in [5.41, 5.74) is 3.39. The molecule has 4 rings (SSSR count). The van der Waals surface area contributed by atoms with E-state index in [4.69, 9.17) is 0 Å². The van der Waals surface area contributed by atoms with E-state index in [1.54, 1.807) is 18.2 Å². The largest absolute Gasteiger partial charge is 0.314 e. The second-order valence-electron chi connectivity index (χ2n) is 6.76. The van der Waals surface area contributed by atoms with Crippen molar-refractivity contribution in [3.8, 4) is 5.69 Å². The zero-order valence-corrected chi connectivity index (χ0v) is 16.8. The number of benzene rings is 2. The van der Waals surface area contributed by atoms with Crippen LogP contribution in [0.25, 0.3) is 11.8 Å². The van der Waals surface area contributed by atoms with E-state index in [1.807, 2.05) is 54.0 Å². The molecule has 2 aromatic carbocycles. The van der Waals surface area contributed by atoms with Crippen molar-refractivity contribution in [3.05, 3.63) is 98.7 Å². The number of aryl methyl sites for hydroxylation is 1. The SMILES string of the molecule is Cc1ccc(/C=C2\SC(=O)N(Cc3ccc([N+](=O)[O-])cc3)C2=O)n1-c1ccccc1. The van der Waals surface area contributed by atoms with Crippen LogP contribution in [0, 0.1) is 17.0 Å². The van der Waals surface area contributed by atoms with Crippen LogP contribution in [0.5, 0.6) is 0 Å². The fourth-order valence-corrected chi connectivity index (χ4v) is 4.10. The molecule has 0 saturated carbocycles. The van der Waals surface area contributed by atoms with E-state index in [1.165, 1.54) is 12.1 Å². The lowest BCUT2D eigenvalue weighted by Gasteiger charge is -2.12. The Kier molecular flexibility index (Phi) is 5.24. The minimum atomic E-state index is -0.490. The Bertz CT molecular complexity index is 1170. The first kappa shape index (κ1) is 19.7. The van der Waals surface area contributed by atoms with E-state index < -0.39 is 4.92 Å². The fraction of sp³-hybridized carbons (Fsp3) is 0.0909. The third kappa shape index (κ3) is 3.77. The second-order valence-corrected chi connectivity index (χ2v) is 7.76. The van der Waals surface area contributed by atoms with Crippen molar-refractivity contribution in [2.45, 2.75) is 13.5 Å². The minimum absolute atomic E-state index is 0.0372. The van der Waals surface area contributed by atoms with Crippen LogP contribution in [-0.2, 0) is 11.3 Å². The quantitative estimate of drug-likeness (QED) is 0.332. The van der Waals surface area contributed by atoms with Gasteiger partial charge in [0.25, 0.3) is 16.8 Å². The Hall–Kier alpha value is -3.65. The summed E-state index contributed by atoms with van der Waals surface area (Å²) in [5, 5.41) is 10.4. The van der Waals surface area contributed by atoms with Gasteiger partial charge in [0.05, 0.1) is 16.4 Å². The number of carbonyl (C=O) groups is 2. The number of carbonyl (C=O) groups excluding carboxylic acids is 2. The van der Waals surface area contributed by atoms with Gasteiger partial charge in [0.15, 0.2) is 0 Å². The molecule has 0 N–H and O–H groups in total. The van der Waals surface area contributed by atoms with Crippen molar-refractivity contribution in [2.75, 3.05) is 0 Å². The number of amides is 2. The Morgan fingerprint density at radius 1 is 1.00 bits per heavy atom. The zero-order valence-electron chi connectivity index (χ0n) is 16.0. The van der Waals surface area contributed by atoms with Crippen molar-refractivity contribution in [2.24, 2.45) is 0 Å². The summed E-state index contributed by atoms with van der Waals surface area (Å²) < 4.78 is 2.02. The van der Waals surface area contributed by atoms with Crippen LogP contribution < -0.4 is 0 Å². The summed E-state index contributed by atoms with van der Waals surface area (Å²) in [4.78, 5) is 37.1. The minimum Gasteiger partial charge on any atom is -0.314 e. The summed E-state index contributed by atoms with van der Waals surface area (Å²) in [6, 6.07) is 19.5. The number of nitrogens with zero attached hydrogens (tertiary/aromatic N) is 3. The third-order valence-electron chi connectivity index (χ3n) is 4.76. The Balaban J connectivity index is 1.59. The maximum absolute atomic E-state index is 12.9. The van der Waals surface area contributed by atoms with Gasteiger partial charge in [-0.3, -0.25) is 24.6 Å². The molecule has 8 heteroatoms. The highest BCUT2D eigenvalue weighted by molar-refractivity contribution is 8.18. The summed E-state index contributed by atoms with van der Waals surface area (Å²) >= 11 is 0.894. The molecule has 3 aromatic rings. The maximum atomic E-state index is 12.9. The second kappa shape index (κ2) is 8.00. The van der Waals surface area contributed by atoms with Crippen LogP contribution in [0.2, 0.25) is 0 Å². The molecule has 0 unspecified atom stereocenters. The molecule has 1 aliphatic rings. The Labute approximate surface area is 176 Å². The molecule has 1 aliphatic heterocycles. The number of thioether (sulfide) groups is 1. The summed E-state index contributed by atoms with van der Waals surface area (Å²) in [7, 11) is 0. The maximum Gasteiger partial charge on any atom is 0.293 e. The van der Waals surface area contributed by atoms with Gasteiger partial charge in [-0.05, 0) is 54.6 Å².